The van der Waals surface area contributed by atoms with Crippen molar-refractivity contribution in [1.29, 1.82) is 0 Å². The van der Waals surface area contributed by atoms with Gasteiger partial charge in [0.25, 0.3) is 5.91 Å². The Labute approximate surface area is 134 Å². The van der Waals surface area contributed by atoms with Gasteiger partial charge in [0.15, 0.2) is 0 Å². The zero-order valence-corrected chi connectivity index (χ0v) is 13.7. The Morgan fingerprint density at radius 3 is 2.55 bits per heavy atom. The molecule has 2 N–H and O–H groups in total. The monoisotopic (exact) mass is 397 g/mol. The molecule has 0 spiro atoms. The minimum absolute atomic E-state index is 0.0000463. The molecule has 0 bridgehead atoms. The van der Waals surface area contributed by atoms with Crippen molar-refractivity contribution in [2.75, 3.05) is 0 Å². The molecule has 0 saturated carbocycles. The van der Waals surface area contributed by atoms with Crippen LogP contribution in [0.25, 0.3) is 0 Å². The smallest absolute Gasteiger partial charge is 0.252 e. The first-order chi connectivity index (χ1) is 9.60. The van der Waals surface area contributed by atoms with E-state index in [0.717, 1.165) is 20.1 Å². The summed E-state index contributed by atoms with van der Waals surface area (Å²) >= 11 is 6.72. The number of rotatable bonds is 4. The van der Waals surface area contributed by atoms with E-state index < -0.39 is 0 Å². The molecule has 0 radical (unpaired) electrons. The van der Waals surface area contributed by atoms with Crippen LogP contribution in [0.15, 0.2) is 51.4 Å². The van der Waals surface area contributed by atoms with Crippen LogP contribution in [0.1, 0.15) is 21.5 Å². The summed E-state index contributed by atoms with van der Waals surface area (Å²) in [4.78, 5) is 12.1. The van der Waals surface area contributed by atoms with Gasteiger partial charge in [0.1, 0.15) is 0 Å². The largest absolute Gasteiger partial charge is 0.392 e. The van der Waals surface area contributed by atoms with Crippen LogP contribution in [0, 0.1) is 0 Å². The molecule has 0 aliphatic rings. The molecule has 0 aliphatic carbocycles. The quantitative estimate of drug-likeness (QED) is 0.825. The number of nitrogens with one attached hydrogen (secondary N) is 1. The van der Waals surface area contributed by atoms with Crippen LogP contribution in [0.5, 0.6) is 0 Å². The summed E-state index contributed by atoms with van der Waals surface area (Å²) < 4.78 is 1.66. The Morgan fingerprint density at radius 2 is 1.85 bits per heavy atom. The van der Waals surface area contributed by atoms with Crippen molar-refractivity contribution in [1.82, 2.24) is 5.32 Å². The van der Waals surface area contributed by atoms with Crippen molar-refractivity contribution >= 4 is 37.8 Å². The summed E-state index contributed by atoms with van der Waals surface area (Å²) in [6, 6.07) is 12.9. The summed E-state index contributed by atoms with van der Waals surface area (Å²) in [5.74, 6) is -0.140. The molecule has 0 unspecified atom stereocenters. The third-order valence-corrected chi connectivity index (χ3v) is 3.95. The average molecular weight is 399 g/mol. The van der Waals surface area contributed by atoms with Crippen LogP contribution < -0.4 is 5.32 Å². The molecule has 2 rings (SSSR count). The van der Waals surface area contributed by atoms with Crippen LogP contribution in [-0.2, 0) is 13.2 Å². The number of aliphatic hydroxyl groups is 1. The van der Waals surface area contributed by atoms with E-state index in [2.05, 4.69) is 37.2 Å². The first-order valence-electron chi connectivity index (χ1n) is 6.02. The van der Waals surface area contributed by atoms with Gasteiger partial charge in [-0.2, -0.15) is 0 Å². The first kappa shape index (κ1) is 15.2. The van der Waals surface area contributed by atoms with Gasteiger partial charge in [0.05, 0.1) is 12.2 Å². The lowest BCUT2D eigenvalue weighted by molar-refractivity contribution is 0.0950. The number of carbonyl (C=O) groups excluding carboxylic acids is 1. The van der Waals surface area contributed by atoms with Gasteiger partial charge in [-0.3, -0.25) is 4.79 Å². The minimum Gasteiger partial charge on any atom is -0.392 e. The van der Waals surface area contributed by atoms with E-state index in [0.29, 0.717) is 12.1 Å². The van der Waals surface area contributed by atoms with Crippen molar-refractivity contribution in [3.05, 3.63) is 68.1 Å². The van der Waals surface area contributed by atoms with E-state index in [1.807, 2.05) is 36.4 Å². The van der Waals surface area contributed by atoms with Crippen molar-refractivity contribution in [3.63, 3.8) is 0 Å². The number of benzene rings is 2. The van der Waals surface area contributed by atoms with Gasteiger partial charge in [0.2, 0.25) is 0 Å². The van der Waals surface area contributed by atoms with Crippen LogP contribution in [0.4, 0.5) is 0 Å². The summed E-state index contributed by atoms with van der Waals surface area (Å²) in [7, 11) is 0. The highest BCUT2D eigenvalue weighted by atomic mass is 79.9. The van der Waals surface area contributed by atoms with E-state index in [4.69, 9.17) is 5.11 Å². The normalized spacial score (nSPS) is 10.3. The molecule has 5 heteroatoms. The molecular formula is C15H13Br2NO2. The van der Waals surface area contributed by atoms with Crippen LogP contribution in [0.3, 0.4) is 0 Å². The highest BCUT2D eigenvalue weighted by Gasteiger charge is 2.09. The molecule has 0 saturated heterocycles. The highest BCUT2D eigenvalue weighted by molar-refractivity contribution is 9.11. The Balaban J connectivity index is 2.04. The summed E-state index contributed by atoms with van der Waals surface area (Å²) in [6.45, 7) is 0.426. The Morgan fingerprint density at radius 1 is 1.10 bits per heavy atom. The molecule has 104 valence electrons. The molecular weight excluding hydrogens is 386 g/mol. The predicted molar refractivity (Wildman–Crippen MR) is 85.4 cm³/mol. The maximum atomic E-state index is 12.1. The summed E-state index contributed by atoms with van der Waals surface area (Å²) in [5, 5.41) is 11.9. The van der Waals surface area contributed by atoms with Crippen molar-refractivity contribution in [2.24, 2.45) is 0 Å². The maximum Gasteiger partial charge on any atom is 0.252 e. The van der Waals surface area contributed by atoms with Gasteiger partial charge in [-0.25, -0.2) is 0 Å². The second-order valence-electron chi connectivity index (χ2n) is 4.28. The number of hydrogen-bond donors (Lipinski definition) is 2. The molecule has 20 heavy (non-hydrogen) atoms. The van der Waals surface area contributed by atoms with E-state index >= 15 is 0 Å². The van der Waals surface area contributed by atoms with Gasteiger partial charge in [-0.1, -0.05) is 40.2 Å². The van der Waals surface area contributed by atoms with Crippen molar-refractivity contribution in [2.45, 2.75) is 13.2 Å². The summed E-state index contributed by atoms with van der Waals surface area (Å²) in [5.41, 5.74) is 2.38. The number of halogens is 2. The van der Waals surface area contributed by atoms with Gasteiger partial charge in [-0.05, 0) is 45.3 Å². The van der Waals surface area contributed by atoms with Gasteiger partial charge < -0.3 is 10.4 Å². The fourth-order valence-corrected chi connectivity index (χ4v) is 3.02. The van der Waals surface area contributed by atoms with Gasteiger partial charge in [0, 0.05) is 15.5 Å². The minimum atomic E-state index is -0.140. The number of hydrogen-bond acceptors (Lipinski definition) is 2. The lowest BCUT2D eigenvalue weighted by Gasteiger charge is -2.08. The molecule has 3 nitrogen and oxygen atoms in total. The third kappa shape index (κ3) is 3.91. The zero-order valence-electron chi connectivity index (χ0n) is 10.6. The Hall–Kier alpha value is -1.17. The summed E-state index contributed by atoms with van der Waals surface area (Å²) in [6.07, 6.45) is 0. The molecule has 2 aromatic carbocycles. The standard InChI is InChI=1S/C15H13Br2NO2/c16-12-4-5-13(14(17)7-12)15(20)18-8-10-2-1-3-11(6-10)9-19/h1-7,19H,8-9H2,(H,18,20). The molecule has 0 heterocycles. The van der Waals surface area contributed by atoms with Crippen LogP contribution >= 0.6 is 31.9 Å². The number of carbonyl (C=O) groups is 1. The molecule has 0 atom stereocenters. The molecule has 0 fully saturated rings. The zero-order chi connectivity index (χ0) is 14.5. The second-order valence-corrected chi connectivity index (χ2v) is 6.05. The maximum absolute atomic E-state index is 12.1. The van der Waals surface area contributed by atoms with E-state index in [9.17, 15) is 4.79 Å². The molecule has 0 aromatic heterocycles. The predicted octanol–water partition coefficient (Wildman–Crippen LogP) is 3.63. The molecule has 2 aromatic rings. The Kier molecular flexibility index (Phi) is 5.34. The van der Waals surface area contributed by atoms with Crippen molar-refractivity contribution in [3.8, 4) is 0 Å². The highest BCUT2D eigenvalue weighted by Crippen LogP contribution is 2.21. The molecule has 1 amide bonds. The lowest BCUT2D eigenvalue weighted by atomic mass is 10.1. The van der Waals surface area contributed by atoms with E-state index in [1.165, 1.54) is 0 Å². The average Bonchev–Trinajstić information content (AvgIpc) is 2.45. The van der Waals surface area contributed by atoms with Crippen molar-refractivity contribution < 1.29 is 9.90 Å². The first-order valence-corrected chi connectivity index (χ1v) is 7.60. The lowest BCUT2D eigenvalue weighted by Crippen LogP contribution is -2.23. The van der Waals surface area contributed by atoms with E-state index in [-0.39, 0.29) is 12.5 Å². The van der Waals surface area contributed by atoms with Crippen LogP contribution in [0.2, 0.25) is 0 Å². The van der Waals surface area contributed by atoms with Crippen LogP contribution in [-0.4, -0.2) is 11.0 Å². The third-order valence-electron chi connectivity index (χ3n) is 2.80. The van der Waals surface area contributed by atoms with Gasteiger partial charge >= 0.3 is 0 Å². The fourth-order valence-electron chi connectivity index (χ4n) is 1.79. The number of aliphatic hydroxyl groups excluding tert-OH is 1. The van der Waals surface area contributed by atoms with E-state index in [1.54, 1.807) is 6.07 Å². The Bertz CT molecular complexity index is 629. The topological polar surface area (TPSA) is 49.3 Å². The fraction of sp³-hybridized carbons (Fsp3) is 0.133. The number of amides is 1. The second kappa shape index (κ2) is 7.02. The molecule has 0 aliphatic heterocycles. The SMILES string of the molecule is O=C(NCc1cccc(CO)c1)c1ccc(Br)cc1Br. The van der Waals surface area contributed by atoms with Gasteiger partial charge in [-0.15, -0.1) is 0 Å².